The minimum absolute atomic E-state index is 0.210. The topological polar surface area (TPSA) is 24.9 Å². The van der Waals surface area contributed by atoms with E-state index in [1.165, 1.54) is 0 Å². The van der Waals surface area contributed by atoms with E-state index in [4.69, 9.17) is 23.2 Å². The van der Waals surface area contributed by atoms with Crippen LogP contribution in [0.5, 0.6) is 0 Å². The van der Waals surface area contributed by atoms with Crippen molar-refractivity contribution in [3.63, 3.8) is 0 Å². The van der Waals surface area contributed by atoms with E-state index in [0.717, 1.165) is 22.7 Å². The molecule has 0 aliphatic rings. The predicted octanol–water partition coefficient (Wildman–Crippen LogP) is 4.95. The van der Waals surface area contributed by atoms with Crippen molar-refractivity contribution in [3.05, 3.63) is 58.3 Å². The summed E-state index contributed by atoms with van der Waals surface area (Å²) in [5.74, 6) is 0. The molecule has 1 aromatic heterocycles. The van der Waals surface area contributed by atoms with Crippen LogP contribution >= 0.6 is 23.2 Å². The molecule has 18 heavy (non-hydrogen) atoms. The normalized spacial score (nSPS) is 12.2. The molecule has 0 bridgehead atoms. The molecule has 2 rings (SSSR count). The third-order valence-electron chi connectivity index (χ3n) is 2.73. The summed E-state index contributed by atoms with van der Waals surface area (Å²) in [6.45, 7) is 2.13. The number of nitrogens with one attached hydrogen (secondary N) is 1. The average molecular weight is 281 g/mol. The van der Waals surface area contributed by atoms with Gasteiger partial charge < -0.3 is 5.32 Å². The fourth-order valence-corrected chi connectivity index (χ4v) is 2.21. The Bertz CT molecular complexity index is 529. The molecule has 0 saturated carbocycles. The van der Waals surface area contributed by atoms with Gasteiger partial charge in [-0.3, -0.25) is 0 Å². The Morgan fingerprint density at radius 2 is 2.06 bits per heavy atom. The summed E-state index contributed by atoms with van der Waals surface area (Å²) in [4.78, 5) is 3.96. The number of aromatic nitrogens is 1. The quantitative estimate of drug-likeness (QED) is 0.802. The van der Waals surface area contributed by atoms with Crippen LogP contribution in [0.4, 0.5) is 5.69 Å². The molecule has 1 aromatic carbocycles. The molecular weight excluding hydrogens is 267 g/mol. The van der Waals surface area contributed by atoms with E-state index in [1.54, 1.807) is 6.20 Å². The van der Waals surface area contributed by atoms with E-state index in [1.807, 2.05) is 30.3 Å². The van der Waals surface area contributed by atoms with Crippen LogP contribution in [-0.4, -0.2) is 4.98 Å². The fraction of sp³-hybridized carbons (Fsp3) is 0.214. The van der Waals surface area contributed by atoms with E-state index >= 15 is 0 Å². The van der Waals surface area contributed by atoms with Crippen LogP contribution in [0.15, 0.2) is 42.6 Å². The highest BCUT2D eigenvalue weighted by Gasteiger charge is 2.09. The number of anilines is 1. The van der Waals surface area contributed by atoms with Gasteiger partial charge in [-0.2, -0.15) is 0 Å². The third kappa shape index (κ3) is 3.37. The Labute approximate surface area is 117 Å². The van der Waals surface area contributed by atoms with E-state index < -0.39 is 0 Å². The number of hydrogen-bond acceptors (Lipinski definition) is 2. The molecule has 1 unspecified atom stereocenters. The van der Waals surface area contributed by atoms with Crippen LogP contribution in [0, 0.1) is 0 Å². The smallest absolute Gasteiger partial charge is 0.131 e. The maximum atomic E-state index is 6.02. The molecule has 94 valence electrons. The first-order valence-corrected chi connectivity index (χ1v) is 6.58. The standard InChI is InChI=1S/C14H14Cl2N2/c1-2-13(10-4-3-5-11(15)8-10)18-12-6-7-17-14(16)9-12/h3-9,13H,2H2,1H3,(H,17,18). The van der Waals surface area contributed by atoms with E-state index in [9.17, 15) is 0 Å². The number of hydrogen-bond donors (Lipinski definition) is 1. The maximum absolute atomic E-state index is 6.02. The highest BCUT2D eigenvalue weighted by atomic mass is 35.5. The first-order chi connectivity index (χ1) is 8.69. The molecule has 0 amide bonds. The Morgan fingerprint density at radius 3 is 2.72 bits per heavy atom. The van der Waals surface area contributed by atoms with Crippen molar-refractivity contribution in [1.29, 1.82) is 0 Å². The minimum atomic E-state index is 0.210. The van der Waals surface area contributed by atoms with Gasteiger partial charge in [-0.05, 0) is 36.2 Å². The number of rotatable bonds is 4. The summed E-state index contributed by atoms with van der Waals surface area (Å²) in [5.41, 5.74) is 2.12. The van der Waals surface area contributed by atoms with Crippen molar-refractivity contribution in [3.8, 4) is 0 Å². The predicted molar refractivity (Wildman–Crippen MR) is 77.4 cm³/mol. The Hall–Kier alpha value is -1.25. The van der Waals surface area contributed by atoms with Crippen molar-refractivity contribution >= 4 is 28.9 Å². The first kappa shape index (κ1) is 13.2. The lowest BCUT2D eigenvalue weighted by atomic mass is 10.0. The average Bonchev–Trinajstić information content (AvgIpc) is 2.36. The van der Waals surface area contributed by atoms with Gasteiger partial charge in [-0.25, -0.2) is 4.98 Å². The molecule has 2 aromatic rings. The van der Waals surface area contributed by atoms with Crippen molar-refractivity contribution < 1.29 is 0 Å². The van der Waals surface area contributed by atoms with E-state index in [-0.39, 0.29) is 6.04 Å². The zero-order chi connectivity index (χ0) is 13.0. The van der Waals surface area contributed by atoms with Gasteiger partial charge in [-0.1, -0.05) is 42.3 Å². The van der Waals surface area contributed by atoms with Crippen LogP contribution in [-0.2, 0) is 0 Å². The molecule has 0 aliphatic heterocycles. The number of halogens is 2. The first-order valence-electron chi connectivity index (χ1n) is 5.82. The molecule has 0 radical (unpaired) electrons. The summed E-state index contributed by atoms with van der Waals surface area (Å²) < 4.78 is 0. The number of benzene rings is 1. The molecule has 2 nitrogen and oxygen atoms in total. The van der Waals surface area contributed by atoms with Crippen LogP contribution < -0.4 is 5.32 Å². The van der Waals surface area contributed by atoms with Crippen molar-refractivity contribution in [1.82, 2.24) is 4.98 Å². The third-order valence-corrected chi connectivity index (χ3v) is 3.17. The highest BCUT2D eigenvalue weighted by Crippen LogP contribution is 2.25. The van der Waals surface area contributed by atoms with Crippen molar-refractivity contribution in [2.45, 2.75) is 19.4 Å². The zero-order valence-electron chi connectivity index (χ0n) is 10.0. The van der Waals surface area contributed by atoms with Gasteiger partial charge in [0.1, 0.15) is 5.15 Å². The lowest BCUT2D eigenvalue weighted by Gasteiger charge is -2.19. The van der Waals surface area contributed by atoms with Gasteiger partial charge >= 0.3 is 0 Å². The van der Waals surface area contributed by atoms with Crippen molar-refractivity contribution in [2.75, 3.05) is 5.32 Å². The number of nitrogens with zero attached hydrogens (tertiary/aromatic N) is 1. The fourth-order valence-electron chi connectivity index (χ4n) is 1.84. The second-order valence-electron chi connectivity index (χ2n) is 4.03. The van der Waals surface area contributed by atoms with Crippen LogP contribution in [0.3, 0.4) is 0 Å². The number of pyridine rings is 1. The van der Waals surface area contributed by atoms with Crippen molar-refractivity contribution in [2.24, 2.45) is 0 Å². The summed E-state index contributed by atoms with van der Waals surface area (Å²) >= 11 is 11.9. The van der Waals surface area contributed by atoms with Crippen LogP contribution in [0.2, 0.25) is 10.2 Å². The summed E-state index contributed by atoms with van der Waals surface area (Å²) in [7, 11) is 0. The molecule has 0 aliphatic carbocycles. The molecule has 0 fully saturated rings. The van der Waals surface area contributed by atoms with Gasteiger partial charge in [0.2, 0.25) is 0 Å². The van der Waals surface area contributed by atoms with Gasteiger partial charge in [0.25, 0.3) is 0 Å². The Kier molecular flexibility index (Phi) is 4.45. The second-order valence-corrected chi connectivity index (χ2v) is 4.85. The van der Waals surface area contributed by atoms with Gasteiger partial charge in [0.05, 0.1) is 6.04 Å². The molecule has 4 heteroatoms. The Morgan fingerprint density at radius 1 is 1.22 bits per heavy atom. The minimum Gasteiger partial charge on any atom is -0.378 e. The van der Waals surface area contributed by atoms with E-state index in [0.29, 0.717) is 5.15 Å². The summed E-state index contributed by atoms with van der Waals surface area (Å²) in [6.07, 6.45) is 2.65. The summed E-state index contributed by atoms with van der Waals surface area (Å²) in [6, 6.07) is 11.8. The van der Waals surface area contributed by atoms with Gasteiger partial charge in [0, 0.05) is 16.9 Å². The monoisotopic (exact) mass is 280 g/mol. The maximum Gasteiger partial charge on any atom is 0.131 e. The lowest BCUT2D eigenvalue weighted by Crippen LogP contribution is -2.09. The SMILES string of the molecule is CCC(Nc1ccnc(Cl)c1)c1cccc(Cl)c1. The molecule has 0 saturated heterocycles. The molecule has 1 N–H and O–H groups in total. The van der Waals surface area contributed by atoms with Gasteiger partial charge in [0.15, 0.2) is 0 Å². The molecule has 1 atom stereocenters. The van der Waals surface area contributed by atoms with Gasteiger partial charge in [-0.15, -0.1) is 0 Å². The zero-order valence-corrected chi connectivity index (χ0v) is 11.5. The van der Waals surface area contributed by atoms with Crippen LogP contribution in [0.1, 0.15) is 24.9 Å². The van der Waals surface area contributed by atoms with E-state index in [2.05, 4.69) is 23.3 Å². The lowest BCUT2D eigenvalue weighted by molar-refractivity contribution is 0.749. The Balaban J connectivity index is 2.19. The second kappa shape index (κ2) is 6.07. The molecule has 0 spiro atoms. The van der Waals surface area contributed by atoms with Crippen LogP contribution in [0.25, 0.3) is 0 Å². The molecular formula is C14H14Cl2N2. The summed E-state index contributed by atoms with van der Waals surface area (Å²) in [5, 5.41) is 4.67. The largest absolute Gasteiger partial charge is 0.378 e. The highest BCUT2D eigenvalue weighted by molar-refractivity contribution is 6.30. The molecule has 1 heterocycles.